The van der Waals surface area contributed by atoms with Crippen LogP contribution in [0.1, 0.15) is 12.0 Å². The Morgan fingerprint density at radius 2 is 2.05 bits per heavy atom. The minimum atomic E-state index is -3.59. The van der Waals surface area contributed by atoms with E-state index in [0.717, 1.165) is 0 Å². The molecule has 1 aromatic carbocycles. The van der Waals surface area contributed by atoms with Crippen LogP contribution in [0.25, 0.3) is 0 Å². The highest BCUT2D eigenvalue weighted by Gasteiger charge is 2.35. The highest BCUT2D eigenvalue weighted by Crippen LogP contribution is 2.24. The SMILES string of the molecule is CNC(=O)C1CCN(S(=O)(=O)c2ccc(C#N)cc2)C1. The number of rotatable bonds is 3. The average molecular weight is 293 g/mol. The monoisotopic (exact) mass is 293 g/mol. The minimum Gasteiger partial charge on any atom is -0.359 e. The molecule has 1 atom stereocenters. The molecule has 1 fully saturated rings. The normalized spacial score (nSPS) is 19.5. The number of carbonyl (C=O) groups excluding carboxylic acids is 1. The molecule has 1 amide bonds. The Kier molecular flexibility index (Phi) is 4.06. The lowest BCUT2D eigenvalue weighted by Crippen LogP contribution is -2.33. The van der Waals surface area contributed by atoms with Crippen molar-refractivity contribution in [3.63, 3.8) is 0 Å². The first kappa shape index (κ1) is 14.5. The summed E-state index contributed by atoms with van der Waals surface area (Å²) in [7, 11) is -2.05. The summed E-state index contributed by atoms with van der Waals surface area (Å²) in [6.07, 6.45) is 0.523. The van der Waals surface area contributed by atoms with Crippen molar-refractivity contribution < 1.29 is 13.2 Å². The summed E-state index contributed by atoms with van der Waals surface area (Å²) in [6.45, 7) is 0.530. The molecule has 1 saturated heterocycles. The van der Waals surface area contributed by atoms with E-state index in [1.54, 1.807) is 7.05 Å². The number of nitrogens with one attached hydrogen (secondary N) is 1. The van der Waals surface area contributed by atoms with Crippen LogP contribution in [0, 0.1) is 17.2 Å². The lowest BCUT2D eigenvalue weighted by Gasteiger charge is -2.16. The van der Waals surface area contributed by atoms with Gasteiger partial charge in [-0.15, -0.1) is 0 Å². The fraction of sp³-hybridized carbons (Fsp3) is 0.385. The van der Waals surface area contributed by atoms with Crippen LogP contribution in [0.15, 0.2) is 29.2 Å². The number of hydrogen-bond donors (Lipinski definition) is 1. The van der Waals surface area contributed by atoms with Crippen molar-refractivity contribution in [3.8, 4) is 6.07 Å². The van der Waals surface area contributed by atoms with E-state index in [1.165, 1.54) is 28.6 Å². The predicted octanol–water partition coefficient (Wildman–Crippen LogP) is 0.315. The van der Waals surface area contributed by atoms with E-state index >= 15 is 0 Å². The molecule has 0 radical (unpaired) electrons. The van der Waals surface area contributed by atoms with Crippen molar-refractivity contribution in [2.75, 3.05) is 20.1 Å². The fourth-order valence-corrected chi connectivity index (χ4v) is 3.72. The van der Waals surface area contributed by atoms with Crippen molar-refractivity contribution in [1.29, 1.82) is 5.26 Å². The number of amides is 1. The van der Waals surface area contributed by atoms with Crippen LogP contribution >= 0.6 is 0 Å². The molecule has 20 heavy (non-hydrogen) atoms. The summed E-state index contributed by atoms with van der Waals surface area (Å²) in [6, 6.07) is 7.72. The van der Waals surface area contributed by atoms with Gasteiger partial charge in [-0.2, -0.15) is 9.57 Å². The third kappa shape index (κ3) is 2.66. The molecule has 6 nitrogen and oxygen atoms in total. The number of nitriles is 1. The van der Waals surface area contributed by atoms with Gasteiger partial charge in [0.2, 0.25) is 15.9 Å². The molecule has 2 rings (SSSR count). The lowest BCUT2D eigenvalue weighted by molar-refractivity contribution is -0.123. The molecular formula is C13H15N3O3S. The molecular weight excluding hydrogens is 278 g/mol. The van der Waals surface area contributed by atoms with Crippen molar-refractivity contribution in [1.82, 2.24) is 9.62 Å². The molecule has 1 aromatic rings. The topological polar surface area (TPSA) is 90.3 Å². The maximum absolute atomic E-state index is 12.4. The average Bonchev–Trinajstić information content (AvgIpc) is 2.97. The van der Waals surface area contributed by atoms with Gasteiger partial charge in [0.05, 0.1) is 22.4 Å². The number of carbonyl (C=O) groups is 1. The van der Waals surface area contributed by atoms with Gasteiger partial charge < -0.3 is 5.32 Å². The molecule has 1 aliphatic rings. The van der Waals surface area contributed by atoms with Gasteiger partial charge in [-0.25, -0.2) is 8.42 Å². The van der Waals surface area contributed by atoms with Crippen LogP contribution in [-0.4, -0.2) is 38.8 Å². The predicted molar refractivity (Wildman–Crippen MR) is 72.1 cm³/mol. The standard InChI is InChI=1S/C13H15N3O3S/c1-15-13(17)11-6-7-16(9-11)20(18,19)12-4-2-10(8-14)3-5-12/h2-5,11H,6-7,9H2,1H3,(H,15,17). The zero-order chi connectivity index (χ0) is 14.8. The second-order valence-corrected chi connectivity index (χ2v) is 6.54. The molecule has 106 valence electrons. The fourth-order valence-electron chi connectivity index (χ4n) is 2.22. The van der Waals surface area contributed by atoms with Gasteiger partial charge in [-0.1, -0.05) is 0 Å². The number of hydrogen-bond acceptors (Lipinski definition) is 4. The van der Waals surface area contributed by atoms with E-state index in [0.29, 0.717) is 18.5 Å². The molecule has 0 aliphatic carbocycles. The van der Waals surface area contributed by atoms with Crippen LogP contribution in [0.4, 0.5) is 0 Å². The first-order valence-corrected chi connectivity index (χ1v) is 7.65. The molecule has 1 unspecified atom stereocenters. The van der Waals surface area contributed by atoms with Crippen molar-refractivity contribution in [2.45, 2.75) is 11.3 Å². The second-order valence-electron chi connectivity index (χ2n) is 4.60. The van der Waals surface area contributed by atoms with Gasteiger partial charge in [0.25, 0.3) is 0 Å². The highest BCUT2D eigenvalue weighted by molar-refractivity contribution is 7.89. The largest absolute Gasteiger partial charge is 0.359 e. The summed E-state index contributed by atoms with van der Waals surface area (Å²) >= 11 is 0. The van der Waals surface area contributed by atoms with Gasteiger partial charge in [0, 0.05) is 20.1 Å². The summed E-state index contributed by atoms with van der Waals surface area (Å²) in [5.41, 5.74) is 0.411. The highest BCUT2D eigenvalue weighted by atomic mass is 32.2. The maximum Gasteiger partial charge on any atom is 0.243 e. The van der Waals surface area contributed by atoms with Crippen LogP contribution in [0.5, 0.6) is 0 Å². The van der Waals surface area contributed by atoms with E-state index < -0.39 is 10.0 Å². The summed E-state index contributed by atoms with van der Waals surface area (Å²) in [4.78, 5) is 11.7. The number of benzene rings is 1. The van der Waals surface area contributed by atoms with Crippen molar-refractivity contribution in [2.24, 2.45) is 5.92 Å². The van der Waals surface area contributed by atoms with Gasteiger partial charge in [-0.3, -0.25) is 4.79 Å². The summed E-state index contributed by atoms with van der Waals surface area (Å²) in [5.74, 6) is -0.435. The Bertz CT molecular complexity index is 646. The van der Waals surface area contributed by atoms with Crippen molar-refractivity contribution in [3.05, 3.63) is 29.8 Å². The molecule has 7 heteroatoms. The number of sulfonamides is 1. The summed E-state index contributed by atoms with van der Waals surface area (Å²) < 4.78 is 26.1. The van der Waals surface area contributed by atoms with Crippen LogP contribution in [0.2, 0.25) is 0 Å². The molecule has 0 bridgehead atoms. The Morgan fingerprint density at radius 1 is 1.40 bits per heavy atom. The van der Waals surface area contributed by atoms with E-state index in [1.807, 2.05) is 6.07 Å². The van der Waals surface area contributed by atoms with E-state index in [9.17, 15) is 13.2 Å². The zero-order valence-corrected chi connectivity index (χ0v) is 11.9. The third-order valence-electron chi connectivity index (χ3n) is 3.39. The molecule has 1 N–H and O–H groups in total. The summed E-state index contributed by atoms with van der Waals surface area (Å²) in [5, 5.41) is 11.2. The number of nitrogens with zero attached hydrogens (tertiary/aromatic N) is 2. The zero-order valence-electron chi connectivity index (χ0n) is 11.0. The minimum absolute atomic E-state index is 0.137. The van der Waals surface area contributed by atoms with Crippen molar-refractivity contribution >= 4 is 15.9 Å². The molecule has 0 aromatic heterocycles. The Morgan fingerprint density at radius 3 is 2.60 bits per heavy atom. The van der Waals surface area contributed by atoms with Gasteiger partial charge in [0.15, 0.2) is 0 Å². The first-order valence-electron chi connectivity index (χ1n) is 6.21. The molecule has 0 saturated carbocycles. The second kappa shape index (κ2) is 5.61. The molecule has 1 aliphatic heterocycles. The van der Waals surface area contributed by atoms with Crippen LogP contribution in [0.3, 0.4) is 0 Å². The first-order chi connectivity index (χ1) is 9.48. The quantitative estimate of drug-likeness (QED) is 0.868. The van der Waals surface area contributed by atoms with Crippen LogP contribution in [-0.2, 0) is 14.8 Å². The third-order valence-corrected chi connectivity index (χ3v) is 5.27. The van der Waals surface area contributed by atoms with Gasteiger partial charge in [0.1, 0.15) is 0 Å². The van der Waals surface area contributed by atoms with Gasteiger partial charge in [-0.05, 0) is 30.7 Å². The molecule has 1 heterocycles. The van der Waals surface area contributed by atoms with E-state index in [2.05, 4.69) is 5.32 Å². The smallest absolute Gasteiger partial charge is 0.243 e. The van der Waals surface area contributed by atoms with Crippen LogP contribution < -0.4 is 5.32 Å². The lowest BCUT2D eigenvalue weighted by atomic mass is 10.1. The Labute approximate surface area is 118 Å². The Hall–Kier alpha value is -1.91. The molecule has 0 spiro atoms. The maximum atomic E-state index is 12.4. The van der Waals surface area contributed by atoms with E-state index in [4.69, 9.17) is 5.26 Å². The van der Waals surface area contributed by atoms with Gasteiger partial charge >= 0.3 is 0 Å². The Balaban J connectivity index is 2.19. The van der Waals surface area contributed by atoms with E-state index in [-0.39, 0.29) is 23.3 Å².